The van der Waals surface area contributed by atoms with Crippen LogP contribution in [0.15, 0.2) is 97.3 Å². The number of fused-ring (bicyclic) bond motifs is 1. The number of aromatic amines is 1. The van der Waals surface area contributed by atoms with Gasteiger partial charge in [0.15, 0.2) is 0 Å². The summed E-state index contributed by atoms with van der Waals surface area (Å²) in [5.74, 6) is 0.181. The molecule has 2 aromatic heterocycles. The third kappa shape index (κ3) is 7.05. The minimum atomic E-state index is -0.245. The van der Waals surface area contributed by atoms with E-state index < -0.39 is 0 Å². The Morgan fingerprint density at radius 3 is 2.41 bits per heavy atom. The Morgan fingerprint density at radius 2 is 1.66 bits per heavy atom. The molecule has 0 aliphatic rings. The van der Waals surface area contributed by atoms with Crippen LogP contribution >= 0.6 is 11.6 Å². The second-order valence-electron chi connectivity index (χ2n) is 9.79. The van der Waals surface area contributed by atoms with Gasteiger partial charge in [-0.15, -0.1) is 0 Å². The molecule has 2 heterocycles. The number of carbonyl (C=O) groups excluding carboxylic acids is 2. The Kier molecular flexibility index (Phi) is 8.53. The number of carbonyl (C=O) groups is 2. The van der Waals surface area contributed by atoms with Crippen molar-refractivity contribution in [1.82, 2.24) is 19.9 Å². The molecule has 0 unspecified atom stereocenters. The molecule has 41 heavy (non-hydrogen) atoms. The average molecular weight is 565 g/mol. The summed E-state index contributed by atoms with van der Waals surface area (Å²) in [4.78, 5) is 39.2. The summed E-state index contributed by atoms with van der Waals surface area (Å²) in [7, 11) is 3.86. The van der Waals surface area contributed by atoms with E-state index in [0.717, 1.165) is 22.0 Å². The highest BCUT2D eigenvalue weighted by atomic mass is 35.5. The van der Waals surface area contributed by atoms with Gasteiger partial charge in [-0.1, -0.05) is 48.0 Å². The molecule has 5 rings (SSSR count). The van der Waals surface area contributed by atoms with E-state index in [0.29, 0.717) is 46.4 Å². The number of likely N-dealkylation sites (N-methyl/N-ethyl adjacent to an activating group) is 1. The number of anilines is 2. The predicted molar refractivity (Wildman–Crippen MR) is 164 cm³/mol. The monoisotopic (exact) mass is 564 g/mol. The molecule has 0 radical (unpaired) electrons. The molecule has 206 valence electrons. The highest BCUT2D eigenvalue weighted by Gasteiger charge is 2.13. The third-order valence-electron chi connectivity index (χ3n) is 6.37. The van der Waals surface area contributed by atoms with Crippen molar-refractivity contribution in [1.29, 1.82) is 0 Å². The number of para-hydroxylation sites is 1. The minimum absolute atomic E-state index is 0.220. The maximum Gasteiger partial charge on any atom is 0.255 e. The van der Waals surface area contributed by atoms with Gasteiger partial charge in [-0.3, -0.25) is 9.59 Å². The van der Waals surface area contributed by atoms with Crippen LogP contribution in [0, 0.1) is 0 Å². The van der Waals surface area contributed by atoms with Gasteiger partial charge in [0.1, 0.15) is 5.82 Å². The van der Waals surface area contributed by atoms with Crippen LogP contribution in [0.1, 0.15) is 21.7 Å². The number of hydrogen-bond donors (Lipinski definition) is 3. The van der Waals surface area contributed by atoms with Crippen LogP contribution in [0.4, 0.5) is 11.4 Å². The maximum atomic E-state index is 12.8. The zero-order valence-electron chi connectivity index (χ0n) is 22.7. The van der Waals surface area contributed by atoms with Crippen LogP contribution in [0.2, 0.25) is 5.02 Å². The van der Waals surface area contributed by atoms with Crippen LogP contribution in [0.25, 0.3) is 22.2 Å². The second kappa shape index (κ2) is 12.6. The Bertz CT molecular complexity index is 1710. The van der Waals surface area contributed by atoms with E-state index in [9.17, 15) is 9.59 Å². The maximum absolute atomic E-state index is 12.8. The number of hydrogen-bond acceptors (Lipinski definition) is 5. The van der Waals surface area contributed by atoms with Gasteiger partial charge in [0.2, 0.25) is 5.91 Å². The molecule has 0 atom stereocenters. The summed E-state index contributed by atoms with van der Waals surface area (Å²) < 4.78 is 0. The number of nitrogens with one attached hydrogen (secondary N) is 3. The lowest BCUT2D eigenvalue weighted by molar-refractivity contribution is -0.111. The van der Waals surface area contributed by atoms with Crippen molar-refractivity contribution in [2.45, 2.75) is 6.42 Å². The quantitative estimate of drug-likeness (QED) is 0.186. The first-order valence-electron chi connectivity index (χ1n) is 13.1. The van der Waals surface area contributed by atoms with E-state index >= 15 is 0 Å². The zero-order valence-corrected chi connectivity index (χ0v) is 23.4. The fourth-order valence-corrected chi connectivity index (χ4v) is 4.49. The molecule has 0 saturated heterocycles. The van der Waals surface area contributed by atoms with E-state index in [1.807, 2.05) is 73.7 Å². The second-order valence-corrected chi connectivity index (χ2v) is 10.2. The Balaban J connectivity index is 1.20. The molecule has 2 amide bonds. The summed E-state index contributed by atoms with van der Waals surface area (Å²) in [5.41, 5.74) is 5.39. The van der Waals surface area contributed by atoms with Crippen LogP contribution < -0.4 is 10.6 Å². The fourth-order valence-electron chi connectivity index (χ4n) is 4.30. The van der Waals surface area contributed by atoms with E-state index in [1.165, 1.54) is 6.08 Å². The first-order valence-corrected chi connectivity index (χ1v) is 13.4. The topological polar surface area (TPSA) is 103 Å². The molecule has 3 aromatic carbocycles. The molecular weight excluding hydrogens is 536 g/mol. The van der Waals surface area contributed by atoms with Gasteiger partial charge in [-0.2, -0.15) is 0 Å². The van der Waals surface area contributed by atoms with Gasteiger partial charge in [0.25, 0.3) is 5.91 Å². The molecular formula is C32H29ClN6O2. The Hall–Kier alpha value is -4.79. The fraction of sp³-hybridized carbons (Fsp3) is 0.125. The summed E-state index contributed by atoms with van der Waals surface area (Å²) in [6.07, 6.45) is 7.33. The summed E-state index contributed by atoms with van der Waals surface area (Å²) in [5, 5.41) is 7.23. The van der Waals surface area contributed by atoms with Crippen molar-refractivity contribution in [3.63, 3.8) is 0 Å². The lowest BCUT2D eigenvalue weighted by Gasteiger charge is -2.09. The van der Waals surface area contributed by atoms with Gasteiger partial charge in [0, 0.05) is 64.8 Å². The SMILES string of the molecule is CN(C)C/C=C/C(=O)Nc1ccc(C(=O)Nc2ccc(Cc3ncc(Cl)c(-c4c[nH]c5ccccc45)n3)cc2)cc1. The minimum Gasteiger partial charge on any atom is -0.360 e. The predicted octanol–water partition coefficient (Wildman–Crippen LogP) is 6.18. The summed E-state index contributed by atoms with van der Waals surface area (Å²) in [6, 6.07) is 22.3. The highest BCUT2D eigenvalue weighted by molar-refractivity contribution is 6.33. The van der Waals surface area contributed by atoms with Crippen molar-refractivity contribution < 1.29 is 9.59 Å². The van der Waals surface area contributed by atoms with Gasteiger partial charge in [0.05, 0.1) is 10.7 Å². The Morgan fingerprint density at radius 1 is 0.951 bits per heavy atom. The van der Waals surface area contributed by atoms with Crippen LogP contribution in [0.5, 0.6) is 0 Å². The molecule has 0 fully saturated rings. The number of rotatable bonds is 9. The van der Waals surface area contributed by atoms with Crippen LogP contribution in [0.3, 0.4) is 0 Å². The number of benzene rings is 3. The first-order chi connectivity index (χ1) is 19.9. The largest absolute Gasteiger partial charge is 0.360 e. The van der Waals surface area contributed by atoms with Crippen molar-refractivity contribution >= 4 is 45.7 Å². The molecule has 0 spiro atoms. The molecule has 5 aromatic rings. The molecule has 0 aliphatic heterocycles. The van der Waals surface area contributed by atoms with Crippen molar-refractivity contribution in [3.05, 3.63) is 119 Å². The molecule has 3 N–H and O–H groups in total. The Labute approximate surface area is 243 Å². The molecule has 9 heteroatoms. The first kappa shape index (κ1) is 27.8. The average Bonchev–Trinajstić information content (AvgIpc) is 3.39. The number of aromatic nitrogens is 3. The lowest BCUT2D eigenvalue weighted by Crippen LogP contribution is -2.13. The highest BCUT2D eigenvalue weighted by Crippen LogP contribution is 2.32. The van der Waals surface area contributed by atoms with E-state index in [4.69, 9.17) is 16.6 Å². The number of H-pyrrole nitrogens is 1. The van der Waals surface area contributed by atoms with Gasteiger partial charge >= 0.3 is 0 Å². The normalized spacial score (nSPS) is 11.3. The van der Waals surface area contributed by atoms with Crippen molar-refractivity contribution in [2.24, 2.45) is 0 Å². The summed E-state index contributed by atoms with van der Waals surface area (Å²) >= 11 is 6.47. The molecule has 0 saturated carbocycles. The van der Waals surface area contributed by atoms with E-state index in [2.05, 4.69) is 20.6 Å². The number of nitrogens with zero attached hydrogens (tertiary/aromatic N) is 3. The van der Waals surface area contributed by atoms with Gasteiger partial charge in [-0.05, 0) is 62.1 Å². The van der Waals surface area contributed by atoms with E-state index in [1.54, 1.807) is 36.5 Å². The third-order valence-corrected chi connectivity index (χ3v) is 6.64. The van der Waals surface area contributed by atoms with Crippen LogP contribution in [-0.2, 0) is 11.2 Å². The van der Waals surface area contributed by atoms with Gasteiger partial charge < -0.3 is 20.5 Å². The number of halogens is 1. The smallest absolute Gasteiger partial charge is 0.255 e. The molecule has 0 bridgehead atoms. The van der Waals surface area contributed by atoms with E-state index in [-0.39, 0.29) is 11.8 Å². The molecule has 0 aliphatic carbocycles. The molecule has 8 nitrogen and oxygen atoms in total. The van der Waals surface area contributed by atoms with Crippen LogP contribution in [-0.4, -0.2) is 52.3 Å². The van der Waals surface area contributed by atoms with Gasteiger partial charge in [-0.25, -0.2) is 9.97 Å². The summed E-state index contributed by atoms with van der Waals surface area (Å²) in [6.45, 7) is 0.676. The zero-order chi connectivity index (χ0) is 28.8. The van der Waals surface area contributed by atoms with Crippen molar-refractivity contribution in [2.75, 3.05) is 31.3 Å². The lowest BCUT2D eigenvalue weighted by atomic mass is 10.1. The standard InChI is InChI=1S/C32H29ClN6O2/c1-39(2)17-5-8-30(40)36-23-15-11-22(12-16-23)32(41)37-24-13-9-21(10-14-24)18-29-35-20-27(33)31(38-29)26-19-34-28-7-4-3-6-25(26)28/h3-16,19-20,34H,17-18H2,1-2H3,(H,36,40)(H,37,41)/b8-5+. The van der Waals surface area contributed by atoms with Crippen molar-refractivity contribution in [3.8, 4) is 11.3 Å². The number of amides is 2.